The second-order valence-corrected chi connectivity index (χ2v) is 8.52. The predicted octanol–water partition coefficient (Wildman–Crippen LogP) is 3.29. The van der Waals surface area contributed by atoms with E-state index in [2.05, 4.69) is 20.4 Å². The van der Waals surface area contributed by atoms with Gasteiger partial charge in [0.05, 0.1) is 5.57 Å². The van der Waals surface area contributed by atoms with Gasteiger partial charge in [-0.15, -0.1) is 6.58 Å². The minimum Gasteiger partial charge on any atom is -0.481 e. The van der Waals surface area contributed by atoms with Crippen LogP contribution in [0.3, 0.4) is 0 Å². The Kier molecular flexibility index (Phi) is 4.17. The van der Waals surface area contributed by atoms with E-state index in [0.717, 1.165) is 19.3 Å². The molecule has 0 aromatic carbocycles. The molecule has 136 valence electrons. The lowest BCUT2D eigenvalue weighted by Gasteiger charge is -2.52. The number of esters is 1. The Balaban J connectivity index is 2.12. The number of carbonyl (C=O) groups is 3. The zero-order chi connectivity index (χ0) is 18.6. The average Bonchev–Trinajstić information content (AvgIpc) is 2.85. The zero-order valence-electron chi connectivity index (χ0n) is 15.1. The van der Waals surface area contributed by atoms with Crippen molar-refractivity contribution in [3.05, 3.63) is 23.8 Å². The fourth-order valence-corrected chi connectivity index (χ4v) is 5.36. The molecular formula is C20H26O5. The SMILES string of the molecule is C=CC[C@@H](C(=O)O)[C@@H]1OC(=O)C2=C1C(=O)C[C@H]1C(C)(C)CCC[C@]21C. The lowest BCUT2D eigenvalue weighted by Crippen LogP contribution is -2.48. The van der Waals surface area contributed by atoms with Gasteiger partial charge in [-0.2, -0.15) is 0 Å². The smallest absolute Gasteiger partial charge is 0.335 e. The van der Waals surface area contributed by atoms with Gasteiger partial charge in [0.1, 0.15) is 12.0 Å². The standard InChI is InChI=1S/C20H26O5/c1-5-7-11(17(22)23)16-14-12(21)10-13-19(2,3)8-6-9-20(13,4)15(14)18(24)25-16/h5,11,13,16H,1,6-10H2,2-4H3,(H,22,23)/t11-,13+,16+,20+/m1/s1. The van der Waals surface area contributed by atoms with Gasteiger partial charge in [-0.25, -0.2) is 4.79 Å². The van der Waals surface area contributed by atoms with Crippen molar-refractivity contribution in [1.29, 1.82) is 0 Å². The topological polar surface area (TPSA) is 80.7 Å². The van der Waals surface area contributed by atoms with Crippen LogP contribution in [-0.4, -0.2) is 28.9 Å². The van der Waals surface area contributed by atoms with Gasteiger partial charge in [0.25, 0.3) is 0 Å². The molecule has 3 rings (SSSR count). The summed E-state index contributed by atoms with van der Waals surface area (Å²) >= 11 is 0. The molecule has 0 amide bonds. The molecule has 4 atom stereocenters. The van der Waals surface area contributed by atoms with Gasteiger partial charge in [0.15, 0.2) is 5.78 Å². The van der Waals surface area contributed by atoms with Crippen LogP contribution in [0.2, 0.25) is 0 Å². The van der Waals surface area contributed by atoms with Crippen LogP contribution < -0.4 is 0 Å². The number of fused-ring (bicyclic) bond motifs is 2. The summed E-state index contributed by atoms with van der Waals surface area (Å²) in [6.45, 7) is 9.95. The van der Waals surface area contributed by atoms with Crippen LogP contribution in [0, 0.1) is 22.7 Å². The Morgan fingerprint density at radius 2 is 2.04 bits per heavy atom. The van der Waals surface area contributed by atoms with Crippen LogP contribution >= 0.6 is 0 Å². The van der Waals surface area contributed by atoms with Crippen molar-refractivity contribution in [2.75, 3.05) is 0 Å². The molecule has 5 heteroatoms. The molecule has 1 aliphatic heterocycles. The fourth-order valence-electron chi connectivity index (χ4n) is 5.36. The number of carbonyl (C=O) groups excluding carboxylic acids is 2. The van der Waals surface area contributed by atoms with Crippen molar-refractivity contribution >= 4 is 17.7 Å². The molecule has 25 heavy (non-hydrogen) atoms. The Morgan fingerprint density at radius 1 is 1.36 bits per heavy atom. The van der Waals surface area contributed by atoms with Crippen LogP contribution in [0.4, 0.5) is 0 Å². The van der Waals surface area contributed by atoms with E-state index >= 15 is 0 Å². The molecule has 0 unspecified atom stereocenters. The molecule has 1 heterocycles. The first-order valence-electron chi connectivity index (χ1n) is 8.96. The van der Waals surface area contributed by atoms with E-state index in [1.54, 1.807) is 0 Å². The van der Waals surface area contributed by atoms with Crippen LogP contribution in [0.5, 0.6) is 0 Å². The van der Waals surface area contributed by atoms with E-state index in [-0.39, 0.29) is 23.5 Å². The van der Waals surface area contributed by atoms with Crippen LogP contribution in [0.1, 0.15) is 52.9 Å². The molecule has 0 aromatic rings. The Bertz CT molecular complexity index is 686. The summed E-state index contributed by atoms with van der Waals surface area (Å²) in [7, 11) is 0. The number of ketones is 1. The van der Waals surface area contributed by atoms with Crippen molar-refractivity contribution in [2.24, 2.45) is 22.7 Å². The third-order valence-corrected chi connectivity index (χ3v) is 6.59. The van der Waals surface area contributed by atoms with Gasteiger partial charge in [0.2, 0.25) is 0 Å². The maximum atomic E-state index is 12.9. The highest BCUT2D eigenvalue weighted by Gasteiger charge is 2.59. The number of allylic oxidation sites excluding steroid dienone is 1. The van der Waals surface area contributed by atoms with Gasteiger partial charge >= 0.3 is 11.9 Å². The van der Waals surface area contributed by atoms with Gasteiger partial charge in [-0.1, -0.05) is 33.3 Å². The van der Waals surface area contributed by atoms with Gasteiger partial charge in [-0.05, 0) is 30.6 Å². The quantitative estimate of drug-likeness (QED) is 0.624. The number of carboxylic acid groups (broad SMARTS) is 1. The molecule has 0 bridgehead atoms. The van der Waals surface area contributed by atoms with Crippen molar-refractivity contribution in [3.63, 3.8) is 0 Å². The molecule has 0 radical (unpaired) electrons. The summed E-state index contributed by atoms with van der Waals surface area (Å²) in [4.78, 5) is 37.3. The number of aliphatic carboxylic acids is 1. The average molecular weight is 346 g/mol. The fraction of sp³-hybridized carbons (Fsp3) is 0.650. The summed E-state index contributed by atoms with van der Waals surface area (Å²) in [6.07, 6.45) is 3.85. The second kappa shape index (κ2) is 5.82. The molecule has 1 N–H and O–H groups in total. The highest BCUT2D eigenvalue weighted by molar-refractivity contribution is 6.10. The number of ether oxygens (including phenoxy) is 1. The number of hydrogen-bond acceptors (Lipinski definition) is 4. The minimum atomic E-state index is -1.07. The molecule has 1 saturated carbocycles. The number of Topliss-reactive ketones (excluding diaryl/α,β-unsaturated/α-hetero) is 1. The van der Waals surface area contributed by atoms with Crippen LogP contribution in [0.25, 0.3) is 0 Å². The molecular weight excluding hydrogens is 320 g/mol. The number of carboxylic acids is 1. The molecule has 1 fully saturated rings. The zero-order valence-corrected chi connectivity index (χ0v) is 15.1. The van der Waals surface area contributed by atoms with Crippen molar-refractivity contribution in [3.8, 4) is 0 Å². The third-order valence-electron chi connectivity index (χ3n) is 6.59. The maximum absolute atomic E-state index is 12.9. The summed E-state index contributed by atoms with van der Waals surface area (Å²) < 4.78 is 5.47. The third kappa shape index (κ3) is 2.55. The monoisotopic (exact) mass is 346 g/mol. The first kappa shape index (κ1) is 17.9. The predicted molar refractivity (Wildman–Crippen MR) is 91.7 cm³/mol. The van der Waals surface area contributed by atoms with Crippen LogP contribution in [-0.2, 0) is 19.1 Å². The van der Waals surface area contributed by atoms with E-state index in [1.165, 1.54) is 6.08 Å². The largest absolute Gasteiger partial charge is 0.481 e. The van der Waals surface area contributed by atoms with Crippen molar-refractivity contribution < 1.29 is 24.2 Å². The molecule has 5 nitrogen and oxygen atoms in total. The van der Waals surface area contributed by atoms with Crippen molar-refractivity contribution in [2.45, 2.75) is 59.0 Å². The summed E-state index contributed by atoms with van der Waals surface area (Å²) in [5.41, 5.74) is 0.304. The first-order chi connectivity index (χ1) is 11.6. The minimum absolute atomic E-state index is 0.0348. The normalized spacial score (nSPS) is 34.8. The van der Waals surface area contributed by atoms with E-state index in [0.29, 0.717) is 17.6 Å². The maximum Gasteiger partial charge on any atom is 0.335 e. The molecule has 0 saturated heterocycles. The summed E-state index contributed by atoms with van der Waals surface area (Å²) in [5, 5.41) is 9.53. The lowest BCUT2D eigenvalue weighted by atomic mass is 9.50. The number of rotatable bonds is 4. The number of cyclic esters (lactones) is 1. The van der Waals surface area contributed by atoms with E-state index in [4.69, 9.17) is 4.74 Å². The highest BCUT2D eigenvalue weighted by Crippen LogP contribution is 2.60. The van der Waals surface area contributed by atoms with E-state index < -0.39 is 29.4 Å². The van der Waals surface area contributed by atoms with E-state index in [9.17, 15) is 19.5 Å². The highest BCUT2D eigenvalue weighted by atomic mass is 16.6. The summed E-state index contributed by atoms with van der Waals surface area (Å²) in [6, 6.07) is 0. The lowest BCUT2D eigenvalue weighted by molar-refractivity contribution is -0.151. The van der Waals surface area contributed by atoms with Crippen LogP contribution in [0.15, 0.2) is 23.8 Å². The summed E-state index contributed by atoms with van der Waals surface area (Å²) in [5.74, 6) is -2.59. The number of hydrogen-bond donors (Lipinski definition) is 1. The Hall–Kier alpha value is -1.91. The molecule has 0 spiro atoms. The molecule has 3 aliphatic rings. The Labute approximate surface area is 148 Å². The Morgan fingerprint density at radius 3 is 2.64 bits per heavy atom. The van der Waals surface area contributed by atoms with E-state index in [1.807, 2.05) is 6.92 Å². The van der Waals surface area contributed by atoms with Gasteiger partial charge in [0, 0.05) is 17.4 Å². The van der Waals surface area contributed by atoms with Crippen molar-refractivity contribution in [1.82, 2.24) is 0 Å². The second-order valence-electron chi connectivity index (χ2n) is 8.52. The van der Waals surface area contributed by atoms with Gasteiger partial charge in [-0.3, -0.25) is 9.59 Å². The molecule has 2 aliphatic carbocycles. The first-order valence-corrected chi connectivity index (χ1v) is 8.96. The van der Waals surface area contributed by atoms with Gasteiger partial charge < -0.3 is 9.84 Å². The molecule has 0 aromatic heterocycles.